The summed E-state index contributed by atoms with van der Waals surface area (Å²) in [4.78, 5) is 19.7. The zero-order chi connectivity index (χ0) is 20.9. The number of carbonyl (C=O) groups excluding carboxylic acids is 1. The minimum Gasteiger partial charge on any atom is -0.379 e. The van der Waals surface area contributed by atoms with Crippen LogP contribution in [0.5, 0.6) is 0 Å². The van der Waals surface area contributed by atoms with E-state index in [-0.39, 0.29) is 12.3 Å². The van der Waals surface area contributed by atoms with Gasteiger partial charge in [-0.1, -0.05) is 36.4 Å². The number of rotatable bonds is 6. The van der Waals surface area contributed by atoms with Crippen molar-refractivity contribution in [2.75, 3.05) is 31.6 Å². The van der Waals surface area contributed by atoms with Crippen LogP contribution in [0.3, 0.4) is 0 Å². The number of thiazole rings is 1. The molecule has 3 aromatic rings. The van der Waals surface area contributed by atoms with Crippen molar-refractivity contribution < 1.29 is 9.53 Å². The van der Waals surface area contributed by atoms with E-state index in [1.165, 1.54) is 5.56 Å². The quantitative estimate of drug-likeness (QED) is 0.639. The Labute approximate surface area is 181 Å². The van der Waals surface area contributed by atoms with Gasteiger partial charge in [-0.3, -0.25) is 9.69 Å². The number of nitrogens with one attached hydrogen (secondary N) is 1. The van der Waals surface area contributed by atoms with E-state index in [1.54, 1.807) is 11.3 Å². The van der Waals surface area contributed by atoms with Gasteiger partial charge in [0.2, 0.25) is 5.91 Å². The molecular formula is C24H27N3O2S. The van der Waals surface area contributed by atoms with Gasteiger partial charge in [0.25, 0.3) is 0 Å². The molecule has 1 amide bonds. The first-order valence-electron chi connectivity index (χ1n) is 10.3. The van der Waals surface area contributed by atoms with Crippen LogP contribution in [0.15, 0.2) is 47.8 Å². The molecule has 2 heterocycles. The summed E-state index contributed by atoms with van der Waals surface area (Å²) < 4.78 is 5.43. The van der Waals surface area contributed by atoms with E-state index < -0.39 is 0 Å². The van der Waals surface area contributed by atoms with E-state index in [1.807, 2.05) is 37.4 Å². The summed E-state index contributed by atoms with van der Waals surface area (Å²) in [5.41, 5.74) is 6.22. The molecule has 0 bridgehead atoms. The van der Waals surface area contributed by atoms with Gasteiger partial charge in [0.05, 0.1) is 25.3 Å². The Hall–Kier alpha value is -2.54. The van der Waals surface area contributed by atoms with Gasteiger partial charge in [-0.25, -0.2) is 4.98 Å². The maximum atomic E-state index is 12.5. The number of hydrogen-bond acceptors (Lipinski definition) is 5. The van der Waals surface area contributed by atoms with Crippen molar-refractivity contribution in [3.63, 3.8) is 0 Å². The Bertz CT molecular complexity index is 1000. The minimum absolute atomic E-state index is 0.0367. The van der Waals surface area contributed by atoms with Crippen LogP contribution in [-0.2, 0) is 22.5 Å². The summed E-state index contributed by atoms with van der Waals surface area (Å²) in [5, 5.41) is 5.97. The van der Waals surface area contributed by atoms with Gasteiger partial charge in [-0.05, 0) is 36.6 Å². The highest BCUT2D eigenvalue weighted by Gasteiger charge is 2.13. The molecule has 30 heavy (non-hydrogen) atoms. The number of aryl methyl sites for hydroxylation is 2. The van der Waals surface area contributed by atoms with Gasteiger partial charge in [0, 0.05) is 36.3 Å². The third kappa shape index (κ3) is 5.14. The van der Waals surface area contributed by atoms with E-state index in [0.717, 1.165) is 65.9 Å². The van der Waals surface area contributed by atoms with Gasteiger partial charge in [-0.15, -0.1) is 11.3 Å². The van der Waals surface area contributed by atoms with Gasteiger partial charge >= 0.3 is 0 Å². The van der Waals surface area contributed by atoms with Gasteiger partial charge in [-0.2, -0.15) is 0 Å². The van der Waals surface area contributed by atoms with Crippen molar-refractivity contribution in [3.05, 3.63) is 70.2 Å². The van der Waals surface area contributed by atoms with Crippen LogP contribution in [0.25, 0.3) is 10.6 Å². The molecule has 2 aromatic carbocycles. The normalized spacial score (nSPS) is 14.6. The number of ether oxygens (including phenoxy) is 1. The second-order valence-electron chi connectivity index (χ2n) is 7.72. The molecule has 6 heteroatoms. The molecule has 156 valence electrons. The highest BCUT2D eigenvalue weighted by Crippen LogP contribution is 2.26. The molecule has 0 aliphatic carbocycles. The van der Waals surface area contributed by atoms with Gasteiger partial charge < -0.3 is 10.1 Å². The molecule has 5 nitrogen and oxygen atoms in total. The number of benzene rings is 2. The summed E-state index contributed by atoms with van der Waals surface area (Å²) in [6, 6.07) is 14.5. The second kappa shape index (κ2) is 9.51. The SMILES string of the molecule is Cc1cccc(C)c1NC(=O)Cc1csc(-c2cccc(CN3CCOCC3)c2)n1. The van der Waals surface area contributed by atoms with Crippen LogP contribution >= 0.6 is 11.3 Å². The zero-order valence-electron chi connectivity index (χ0n) is 17.5. The largest absolute Gasteiger partial charge is 0.379 e. The molecule has 0 atom stereocenters. The molecule has 1 fully saturated rings. The van der Waals surface area contributed by atoms with Crippen LogP contribution in [-0.4, -0.2) is 42.1 Å². The number of para-hydroxylation sites is 1. The lowest BCUT2D eigenvalue weighted by atomic mass is 10.1. The maximum Gasteiger partial charge on any atom is 0.230 e. The number of nitrogens with zero attached hydrogens (tertiary/aromatic N) is 2. The van der Waals surface area contributed by atoms with Crippen LogP contribution in [0.1, 0.15) is 22.4 Å². The van der Waals surface area contributed by atoms with Gasteiger partial charge in [0.15, 0.2) is 0 Å². The molecule has 1 aliphatic heterocycles. The van der Waals surface area contributed by atoms with Crippen LogP contribution < -0.4 is 5.32 Å². The first-order chi connectivity index (χ1) is 14.6. The molecule has 1 aliphatic rings. The summed E-state index contributed by atoms with van der Waals surface area (Å²) in [5.74, 6) is -0.0367. The summed E-state index contributed by atoms with van der Waals surface area (Å²) in [6.45, 7) is 8.50. The molecule has 0 saturated carbocycles. The Morgan fingerprint density at radius 3 is 2.63 bits per heavy atom. The molecule has 4 rings (SSSR count). The number of hydrogen-bond donors (Lipinski definition) is 1. The highest BCUT2D eigenvalue weighted by atomic mass is 32.1. The number of anilines is 1. The predicted octanol–water partition coefficient (Wildman–Crippen LogP) is 4.44. The lowest BCUT2D eigenvalue weighted by Gasteiger charge is -2.26. The third-order valence-corrected chi connectivity index (χ3v) is 6.26. The molecular weight excluding hydrogens is 394 g/mol. The van der Waals surface area contributed by atoms with Crippen molar-refractivity contribution >= 4 is 22.9 Å². The Balaban J connectivity index is 1.41. The Kier molecular flexibility index (Phi) is 6.57. The molecule has 1 saturated heterocycles. The predicted molar refractivity (Wildman–Crippen MR) is 122 cm³/mol. The lowest BCUT2D eigenvalue weighted by molar-refractivity contribution is -0.115. The van der Waals surface area contributed by atoms with E-state index in [2.05, 4.69) is 34.5 Å². The second-order valence-corrected chi connectivity index (χ2v) is 8.58. The molecule has 1 N–H and O–H groups in total. The highest BCUT2D eigenvalue weighted by molar-refractivity contribution is 7.13. The van der Waals surface area contributed by atoms with E-state index in [4.69, 9.17) is 9.72 Å². The van der Waals surface area contributed by atoms with Crippen molar-refractivity contribution in [3.8, 4) is 10.6 Å². The molecule has 0 unspecified atom stereocenters. The number of aromatic nitrogens is 1. The van der Waals surface area contributed by atoms with Crippen molar-refractivity contribution in [2.45, 2.75) is 26.8 Å². The summed E-state index contributed by atoms with van der Waals surface area (Å²) >= 11 is 1.59. The van der Waals surface area contributed by atoms with Crippen molar-refractivity contribution in [1.29, 1.82) is 0 Å². The monoisotopic (exact) mass is 421 g/mol. The van der Waals surface area contributed by atoms with E-state index >= 15 is 0 Å². The average molecular weight is 422 g/mol. The van der Waals surface area contributed by atoms with Crippen molar-refractivity contribution in [1.82, 2.24) is 9.88 Å². The molecule has 1 aromatic heterocycles. The fraction of sp³-hybridized carbons (Fsp3) is 0.333. The number of carbonyl (C=O) groups is 1. The standard InChI is InChI=1S/C24H27N3O2S/c1-17-5-3-6-18(2)23(17)26-22(28)14-21-16-30-24(25-21)20-8-4-7-19(13-20)15-27-9-11-29-12-10-27/h3-8,13,16H,9-12,14-15H2,1-2H3,(H,26,28). The maximum absolute atomic E-state index is 12.5. The fourth-order valence-electron chi connectivity index (χ4n) is 3.70. The topological polar surface area (TPSA) is 54.5 Å². The first-order valence-corrected chi connectivity index (χ1v) is 11.2. The first kappa shape index (κ1) is 20.7. The van der Waals surface area contributed by atoms with Gasteiger partial charge in [0.1, 0.15) is 5.01 Å². The Morgan fingerprint density at radius 1 is 1.13 bits per heavy atom. The Morgan fingerprint density at radius 2 is 1.87 bits per heavy atom. The molecule has 0 radical (unpaired) electrons. The van der Waals surface area contributed by atoms with E-state index in [0.29, 0.717) is 0 Å². The summed E-state index contributed by atoms with van der Waals surface area (Å²) in [6.07, 6.45) is 0.276. The number of morpholine rings is 1. The molecule has 0 spiro atoms. The zero-order valence-corrected chi connectivity index (χ0v) is 18.3. The lowest BCUT2D eigenvalue weighted by Crippen LogP contribution is -2.35. The van der Waals surface area contributed by atoms with Crippen LogP contribution in [0, 0.1) is 13.8 Å². The fourth-order valence-corrected chi connectivity index (χ4v) is 4.52. The van der Waals surface area contributed by atoms with Crippen molar-refractivity contribution in [2.24, 2.45) is 0 Å². The van der Waals surface area contributed by atoms with E-state index in [9.17, 15) is 4.79 Å². The van der Waals surface area contributed by atoms with Crippen LogP contribution in [0.4, 0.5) is 5.69 Å². The smallest absolute Gasteiger partial charge is 0.230 e. The average Bonchev–Trinajstić information content (AvgIpc) is 3.20. The number of amides is 1. The van der Waals surface area contributed by atoms with Crippen LogP contribution in [0.2, 0.25) is 0 Å². The minimum atomic E-state index is -0.0367. The third-order valence-electron chi connectivity index (χ3n) is 5.32. The summed E-state index contributed by atoms with van der Waals surface area (Å²) in [7, 11) is 0.